The number of hydrogen-bond acceptors (Lipinski definition) is 5. The molecule has 0 bridgehead atoms. The molecule has 0 fully saturated rings. The van der Waals surface area contributed by atoms with Crippen LogP contribution >= 0.6 is 27.7 Å². The monoisotopic (exact) mass is 406 g/mol. The molecule has 2 N–H and O–H groups in total. The molecule has 0 unspecified atom stereocenters. The SMILES string of the molecule is C[C@H](Sc1n[nH]c(-c2ccccc2Br)n1)C(=O)NCc1ccco1. The van der Waals surface area contributed by atoms with E-state index in [-0.39, 0.29) is 11.2 Å². The molecular weight excluding hydrogens is 392 g/mol. The highest BCUT2D eigenvalue weighted by atomic mass is 79.9. The van der Waals surface area contributed by atoms with Gasteiger partial charge in [-0.05, 0) is 25.1 Å². The van der Waals surface area contributed by atoms with E-state index >= 15 is 0 Å². The predicted octanol–water partition coefficient (Wildman–Crippen LogP) is 3.62. The molecule has 6 nitrogen and oxygen atoms in total. The van der Waals surface area contributed by atoms with Crippen molar-refractivity contribution in [2.24, 2.45) is 0 Å². The van der Waals surface area contributed by atoms with E-state index in [1.165, 1.54) is 11.8 Å². The minimum Gasteiger partial charge on any atom is -0.467 e. The molecule has 0 aliphatic heterocycles. The maximum atomic E-state index is 12.1. The van der Waals surface area contributed by atoms with E-state index < -0.39 is 0 Å². The number of rotatable bonds is 6. The summed E-state index contributed by atoms with van der Waals surface area (Å²) in [6.45, 7) is 2.18. The molecule has 0 aliphatic carbocycles. The number of amides is 1. The fourth-order valence-electron chi connectivity index (χ4n) is 2.02. The molecular formula is C16H15BrN4O2S. The van der Waals surface area contributed by atoms with Crippen LogP contribution in [0.5, 0.6) is 0 Å². The molecule has 3 aromatic rings. The van der Waals surface area contributed by atoms with Gasteiger partial charge in [0, 0.05) is 10.0 Å². The van der Waals surface area contributed by atoms with Crippen LogP contribution in [-0.2, 0) is 11.3 Å². The van der Waals surface area contributed by atoms with Crippen LogP contribution in [0.25, 0.3) is 11.4 Å². The summed E-state index contributed by atoms with van der Waals surface area (Å²) >= 11 is 4.79. The highest BCUT2D eigenvalue weighted by molar-refractivity contribution is 9.10. The number of carbonyl (C=O) groups excluding carboxylic acids is 1. The Morgan fingerprint density at radius 3 is 2.96 bits per heavy atom. The largest absolute Gasteiger partial charge is 0.467 e. The lowest BCUT2D eigenvalue weighted by atomic mass is 10.2. The van der Waals surface area contributed by atoms with Gasteiger partial charge in [0.15, 0.2) is 5.82 Å². The number of H-pyrrole nitrogens is 1. The lowest BCUT2D eigenvalue weighted by molar-refractivity contribution is -0.120. The molecule has 3 rings (SSSR count). The molecule has 0 radical (unpaired) electrons. The quantitative estimate of drug-likeness (QED) is 0.610. The van der Waals surface area contributed by atoms with Crippen molar-refractivity contribution < 1.29 is 9.21 Å². The van der Waals surface area contributed by atoms with Crippen molar-refractivity contribution in [3.05, 3.63) is 52.9 Å². The van der Waals surface area contributed by atoms with Crippen molar-refractivity contribution in [2.45, 2.75) is 23.9 Å². The zero-order chi connectivity index (χ0) is 16.9. The summed E-state index contributed by atoms with van der Waals surface area (Å²) in [5, 5.41) is 10.1. The van der Waals surface area contributed by atoms with Crippen LogP contribution in [0.2, 0.25) is 0 Å². The molecule has 1 amide bonds. The van der Waals surface area contributed by atoms with Gasteiger partial charge in [-0.1, -0.05) is 45.9 Å². The highest BCUT2D eigenvalue weighted by Gasteiger charge is 2.18. The number of furan rings is 1. The molecule has 2 aromatic heterocycles. The Morgan fingerprint density at radius 1 is 1.38 bits per heavy atom. The van der Waals surface area contributed by atoms with Gasteiger partial charge in [-0.2, -0.15) is 0 Å². The number of aromatic amines is 1. The molecule has 0 spiro atoms. The summed E-state index contributed by atoms with van der Waals surface area (Å²) in [5.74, 6) is 1.28. The van der Waals surface area contributed by atoms with Crippen LogP contribution in [0.4, 0.5) is 0 Å². The van der Waals surface area contributed by atoms with Crippen molar-refractivity contribution in [3.63, 3.8) is 0 Å². The normalized spacial score (nSPS) is 12.1. The second-order valence-corrected chi connectivity index (χ2v) is 7.17. The third-order valence-electron chi connectivity index (χ3n) is 3.26. The van der Waals surface area contributed by atoms with Gasteiger partial charge in [-0.15, -0.1) is 5.10 Å². The average Bonchev–Trinajstić information content (AvgIpc) is 3.24. The summed E-state index contributed by atoms with van der Waals surface area (Å²) < 4.78 is 6.12. The number of nitrogens with one attached hydrogen (secondary N) is 2. The molecule has 8 heteroatoms. The summed E-state index contributed by atoms with van der Waals surface area (Å²) in [5.41, 5.74) is 0.923. The summed E-state index contributed by atoms with van der Waals surface area (Å²) in [6.07, 6.45) is 1.58. The van der Waals surface area contributed by atoms with Gasteiger partial charge in [0.1, 0.15) is 5.76 Å². The molecule has 24 heavy (non-hydrogen) atoms. The molecule has 2 heterocycles. The third-order valence-corrected chi connectivity index (χ3v) is 4.91. The van der Waals surface area contributed by atoms with Crippen LogP contribution in [0.3, 0.4) is 0 Å². The Balaban J connectivity index is 1.59. The molecule has 124 valence electrons. The Kier molecular flexibility index (Phi) is 5.37. The lowest BCUT2D eigenvalue weighted by Crippen LogP contribution is -2.30. The zero-order valence-corrected chi connectivity index (χ0v) is 15.2. The van der Waals surface area contributed by atoms with Crippen molar-refractivity contribution in [3.8, 4) is 11.4 Å². The zero-order valence-electron chi connectivity index (χ0n) is 12.8. The molecule has 0 aliphatic rings. The Hall–Kier alpha value is -2.06. The second kappa shape index (κ2) is 7.67. The van der Waals surface area contributed by atoms with E-state index in [1.807, 2.05) is 37.3 Å². The van der Waals surface area contributed by atoms with Crippen LogP contribution in [0.1, 0.15) is 12.7 Å². The minimum absolute atomic E-state index is 0.0939. The standard InChI is InChI=1S/C16H15BrN4O2S/c1-10(15(22)18-9-11-5-4-8-23-11)24-16-19-14(20-21-16)12-6-2-3-7-13(12)17/h2-8,10H,9H2,1H3,(H,18,22)(H,19,20,21)/t10-/m0/s1. The first-order valence-corrected chi connectivity index (χ1v) is 8.95. The van der Waals surface area contributed by atoms with Gasteiger partial charge in [-0.3, -0.25) is 9.89 Å². The smallest absolute Gasteiger partial charge is 0.233 e. The van der Waals surface area contributed by atoms with Crippen molar-refractivity contribution in [2.75, 3.05) is 0 Å². The first kappa shape index (κ1) is 16.8. The first-order chi connectivity index (χ1) is 11.6. The van der Waals surface area contributed by atoms with Crippen LogP contribution in [-0.4, -0.2) is 26.3 Å². The first-order valence-electron chi connectivity index (χ1n) is 7.27. The van der Waals surface area contributed by atoms with Gasteiger partial charge < -0.3 is 9.73 Å². The lowest BCUT2D eigenvalue weighted by Gasteiger charge is -2.08. The predicted molar refractivity (Wildman–Crippen MR) is 95.4 cm³/mol. The second-order valence-electron chi connectivity index (χ2n) is 5.00. The number of halogens is 1. The fourth-order valence-corrected chi connectivity index (χ4v) is 3.24. The Bertz CT molecular complexity index is 819. The maximum absolute atomic E-state index is 12.1. The molecule has 1 aromatic carbocycles. The topological polar surface area (TPSA) is 83.8 Å². The van der Waals surface area contributed by atoms with E-state index in [4.69, 9.17) is 4.42 Å². The Labute approximate surface area is 151 Å². The van der Waals surface area contributed by atoms with Gasteiger partial charge in [0.05, 0.1) is 18.1 Å². The van der Waals surface area contributed by atoms with E-state index in [0.717, 1.165) is 15.8 Å². The minimum atomic E-state index is -0.317. The van der Waals surface area contributed by atoms with Crippen molar-refractivity contribution in [1.29, 1.82) is 0 Å². The fraction of sp³-hybridized carbons (Fsp3) is 0.188. The number of thioether (sulfide) groups is 1. The van der Waals surface area contributed by atoms with E-state index in [9.17, 15) is 4.79 Å². The van der Waals surface area contributed by atoms with E-state index in [2.05, 4.69) is 36.4 Å². The maximum Gasteiger partial charge on any atom is 0.233 e. The third kappa shape index (κ3) is 4.07. The van der Waals surface area contributed by atoms with Crippen LogP contribution < -0.4 is 5.32 Å². The number of carbonyl (C=O) groups is 1. The van der Waals surface area contributed by atoms with Crippen molar-refractivity contribution in [1.82, 2.24) is 20.5 Å². The number of hydrogen-bond donors (Lipinski definition) is 2. The van der Waals surface area contributed by atoms with E-state index in [1.54, 1.807) is 12.3 Å². The van der Waals surface area contributed by atoms with Gasteiger partial charge in [0.2, 0.25) is 11.1 Å². The van der Waals surface area contributed by atoms with Gasteiger partial charge in [-0.25, -0.2) is 4.98 Å². The molecule has 1 atom stereocenters. The highest BCUT2D eigenvalue weighted by Crippen LogP contribution is 2.27. The summed E-state index contributed by atoms with van der Waals surface area (Å²) in [6, 6.07) is 11.4. The van der Waals surface area contributed by atoms with E-state index in [0.29, 0.717) is 17.5 Å². The summed E-state index contributed by atoms with van der Waals surface area (Å²) in [4.78, 5) is 16.6. The number of benzene rings is 1. The van der Waals surface area contributed by atoms with Crippen LogP contribution in [0, 0.1) is 0 Å². The van der Waals surface area contributed by atoms with Crippen molar-refractivity contribution >= 4 is 33.6 Å². The number of nitrogens with zero attached hydrogens (tertiary/aromatic N) is 2. The van der Waals surface area contributed by atoms with Gasteiger partial charge >= 0.3 is 0 Å². The molecule has 0 saturated carbocycles. The number of aromatic nitrogens is 3. The van der Waals surface area contributed by atoms with Gasteiger partial charge in [0.25, 0.3) is 0 Å². The molecule has 0 saturated heterocycles. The van der Waals surface area contributed by atoms with Crippen LogP contribution in [0.15, 0.2) is 56.7 Å². The average molecular weight is 407 g/mol. The summed E-state index contributed by atoms with van der Waals surface area (Å²) in [7, 11) is 0. The Morgan fingerprint density at radius 2 is 2.21 bits per heavy atom.